The molecule has 1 heterocycles. The molecule has 1 amide bonds. The number of amides is 1. The van der Waals surface area contributed by atoms with Crippen LogP contribution in [0.2, 0.25) is 0 Å². The second kappa shape index (κ2) is 10.1. The summed E-state index contributed by atoms with van der Waals surface area (Å²) in [6.45, 7) is 9.05. The minimum atomic E-state index is -1.11. The predicted octanol–water partition coefficient (Wildman–Crippen LogP) is 3.55. The Balaban J connectivity index is 1.49. The molecule has 2 aliphatic rings. The third-order valence-electron chi connectivity index (χ3n) is 6.19. The van der Waals surface area contributed by atoms with Gasteiger partial charge in [-0.15, -0.1) is 0 Å². The van der Waals surface area contributed by atoms with Gasteiger partial charge in [0.1, 0.15) is 11.9 Å². The van der Waals surface area contributed by atoms with Crippen molar-refractivity contribution in [2.45, 2.75) is 58.4 Å². The van der Waals surface area contributed by atoms with Gasteiger partial charge >= 0.3 is 0 Å². The molecule has 0 bridgehead atoms. The molecule has 2 saturated carbocycles. The number of hydroxylamine groups is 1. The maximum absolute atomic E-state index is 15.0. The van der Waals surface area contributed by atoms with Crippen LogP contribution in [0.4, 0.5) is 10.1 Å². The fraction of sp³-hybridized carbons (Fsp3) is 0.385. The van der Waals surface area contributed by atoms with Gasteiger partial charge in [-0.2, -0.15) is 10.6 Å². The van der Waals surface area contributed by atoms with Gasteiger partial charge in [0.25, 0.3) is 0 Å². The maximum atomic E-state index is 15.0. The van der Waals surface area contributed by atoms with E-state index < -0.39 is 17.1 Å². The summed E-state index contributed by atoms with van der Waals surface area (Å²) < 4.78 is 15.0. The molecule has 1 atom stereocenters. The van der Waals surface area contributed by atoms with E-state index in [2.05, 4.69) is 32.3 Å². The standard InChI is InChI=1S/C26H31FN6O2/c1-5-6-24(29-16(2)32-33(35)19-10-11-19)26(3,4)25(34)31-21-12-9-18(13-20(21)27)23-15-28-14-22(30-23)17-7-8-17/h5-6,9,12-15,17,19,32,35H,2,7-8,10-11H2,1,3-4H3,(H,31,34)/p+1/b6-5-,29-24+. The SMILES string of the molecule is C=C(/N=C(\C=C/C)C(C)(C)C(=O)Nc1ccc(-c2cncc(C3CC3)n2)cc1F)N[NH+](O)C1CC1. The van der Waals surface area contributed by atoms with Crippen LogP contribution >= 0.6 is 0 Å². The highest BCUT2D eigenvalue weighted by molar-refractivity contribution is 6.17. The highest BCUT2D eigenvalue weighted by Gasteiger charge is 2.35. The highest BCUT2D eigenvalue weighted by atomic mass is 19.1. The van der Waals surface area contributed by atoms with E-state index in [9.17, 15) is 14.4 Å². The quantitative estimate of drug-likeness (QED) is 0.308. The number of anilines is 1. The fourth-order valence-electron chi connectivity index (χ4n) is 3.59. The van der Waals surface area contributed by atoms with Crippen LogP contribution in [0, 0.1) is 11.2 Å². The van der Waals surface area contributed by atoms with E-state index in [0.717, 1.165) is 31.4 Å². The molecule has 8 nitrogen and oxygen atoms in total. The molecule has 9 heteroatoms. The Hall–Kier alpha value is -3.43. The number of nitrogens with zero attached hydrogens (tertiary/aromatic N) is 3. The highest BCUT2D eigenvalue weighted by Crippen LogP contribution is 2.39. The van der Waals surface area contributed by atoms with Gasteiger partial charge in [-0.05, 0) is 51.8 Å². The van der Waals surface area contributed by atoms with Crippen LogP contribution in [0.15, 0.2) is 60.1 Å². The number of allylic oxidation sites excluding steroid dienone is 2. The van der Waals surface area contributed by atoms with Gasteiger partial charge < -0.3 is 5.32 Å². The second-order valence-corrected chi connectivity index (χ2v) is 9.61. The Bertz CT molecular complexity index is 1180. The number of carbonyl (C=O) groups is 1. The summed E-state index contributed by atoms with van der Waals surface area (Å²) in [4.78, 5) is 26.5. The van der Waals surface area contributed by atoms with Gasteiger partial charge in [-0.25, -0.2) is 14.4 Å². The van der Waals surface area contributed by atoms with Gasteiger partial charge in [-0.1, -0.05) is 23.9 Å². The average molecular weight is 480 g/mol. The molecule has 0 spiro atoms. The van der Waals surface area contributed by atoms with Crippen molar-refractivity contribution < 1.29 is 19.6 Å². The molecule has 4 rings (SSSR count). The molecule has 0 radical (unpaired) electrons. The molecule has 35 heavy (non-hydrogen) atoms. The number of halogens is 1. The van der Waals surface area contributed by atoms with Crippen molar-refractivity contribution in [3.8, 4) is 11.3 Å². The first-order valence-electron chi connectivity index (χ1n) is 11.9. The number of quaternary nitrogens is 1. The first-order valence-corrected chi connectivity index (χ1v) is 11.9. The van der Waals surface area contributed by atoms with E-state index in [-0.39, 0.29) is 22.7 Å². The zero-order valence-electron chi connectivity index (χ0n) is 20.3. The topological polar surface area (TPSA) is 104 Å². The van der Waals surface area contributed by atoms with Gasteiger partial charge in [0.05, 0.1) is 34.4 Å². The number of aromatic nitrogens is 2. The van der Waals surface area contributed by atoms with E-state index in [0.29, 0.717) is 22.9 Å². The molecular weight excluding hydrogens is 447 g/mol. The molecule has 2 aromatic rings. The van der Waals surface area contributed by atoms with Crippen LogP contribution in [0.3, 0.4) is 0 Å². The summed E-state index contributed by atoms with van der Waals surface area (Å²) in [6, 6.07) is 4.72. The van der Waals surface area contributed by atoms with Crippen LogP contribution in [-0.2, 0) is 4.79 Å². The molecular formula is C26H32FN6O2+. The molecule has 184 valence electrons. The summed E-state index contributed by atoms with van der Waals surface area (Å²) in [5.74, 6) is -0.319. The third-order valence-corrected chi connectivity index (χ3v) is 6.19. The molecule has 4 N–H and O–H groups in total. The van der Waals surface area contributed by atoms with Crippen LogP contribution in [0.5, 0.6) is 0 Å². The second-order valence-electron chi connectivity index (χ2n) is 9.61. The molecule has 1 aromatic heterocycles. The largest absolute Gasteiger partial charge is 0.323 e. The Morgan fingerprint density at radius 1 is 1.29 bits per heavy atom. The zero-order valence-corrected chi connectivity index (χ0v) is 20.3. The van der Waals surface area contributed by atoms with Crippen LogP contribution < -0.4 is 15.9 Å². The monoisotopic (exact) mass is 479 g/mol. The normalized spacial score (nSPS) is 17.3. The fourth-order valence-corrected chi connectivity index (χ4v) is 3.59. The third kappa shape index (κ3) is 5.98. The summed E-state index contributed by atoms with van der Waals surface area (Å²) >= 11 is 0. The zero-order chi connectivity index (χ0) is 25.2. The van der Waals surface area contributed by atoms with Crippen molar-refractivity contribution in [3.63, 3.8) is 0 Å². The molecule has 2 aliphatic carbocycles. The number of benzene rings is 1. The average Bonchev–Trinajstić information content (AvgIpc) is 3.72. The van der Waals surface area contributed by atoms with E-state index in [1.54, 1.807) is 44.5 Å². The van der Waals surface area contributed by atoms with E-state index >= 15 is 0 Å². The Kier molecular flexibility index (Phi) is 7.09. The lowest BCUT2D eigenvalue weighted by Gasteiger charge is -2.25. The smallest absolute Gasteiger partial charge is 0.236 e. The minimum absolute atomic E-state index is 0.0645. The summed E-state index contributed by atoms with van der Waals surface area (Å²) in [7, 11) is 0. The van der Waals surface area contributed by atoms with Crippen molar-refractivity contribution in [1.82, 2.24) is 15.4 Å². The van der Waals surface area contributed by atoms with Gasteiger partial charge in [0, 0.05) is 30.5 Å². The summed E-state index contributed by atoms with van der Waals surface area (Å²) in [5.41, 5.74) is 4.29. The van der Waals surface area contributed by atoms with Crippen molar-refractivity contribution in [3.05, 3.63) is 66.7 Å². The predicted molar refractivity (Wildman–Crippen MR) is 132 cm³/mol. The Labute approximate surface area is 204 Å². The molecule has 1 unspecified atom stereocenters. The lowest BCUT2D eigenvalue weighted by atomic mass is 9.85. The first kappa shape index (κ1) is 24.7. The molecule has 0 saturated heterocycles. The van der Waals surface area contributed by atoms with Crippen molar-refractivity contribution in [2.75, 3.05) is 5.32 Å². The van der Waals surface area contributed by atoms with E-state index in [1.165, 1.54) is 12.1 Å². The lowest BCUT2D eigenvalue weighted by Crippen LogP contribution is -3.17. The van der Waals surface area contributed by atoms with Gasteiger partial charge in [0.2, 0.25) is 5.91 Å². The van der Waals surface area contributed by atoms with Crippen LogP contribution in [0.25, 0.3) is 11.3 Å². The van der Waals surface area contributed by atoms with Gasteiger partial charge in [-0.3, -0.25) is 9.78 Å². The van der Waals surface area contributed by atoms with E-state index in [4.69, 9.17) is 0 Å². The number of nitrogens with one attached hydrogen (secondary N) is 3. The Morgan fingerprint density at radius 3 is 2.66 bits per heavy atom. The van der Waals surface area contributed by atoms with Crippen LogP contribution in [0.1, 0.15) is 58.1 Å². The molecule has 1 aromatic carbocycles. The number of rotatable bonds is 10. The number of hydrogen-bond acceptors (Lipinski definition) is 6. The van der Waals surface area contributed by atoms with Crippen molar-refractivity contribution >= 4 is 17.3 Å². The Morgan fingerprint density at radius 2 is 2.03 bits per heavy atom. The molecule has 0 aliphatic heterocycles. The number of aliphatic imine (C=N–C) groups is 1. The maximum Gasteiger partial charge on any atom is 0.236 e. The lowest BCUT2D eigenvalue weighted by molar-refractivity contribution is -1.13. The number of carbonyl (C=O) groups excluding carboxylic acids is 1. The number of hydrogen-bond donors (Lipinski definition) is 4. The first-order chi connectivity index (χ1) is 16.7. The van der Waals surface area contributed by atoms with Crippen LogP contribution in [-0.4, -0.2) is 32.8 Å². The van der Waals surface area contributed by atoms with Crippen molar-refractivity contribution in [1.29, 1.82) is 0 Å². The van der Waals surface area contributed by atoms with Crippen molar-refractivity contribution in [2.24, 2.45) is 10.4 Å². The molecule has 2 fully saturated rings. The summed E-state index contributed by atoms with van der Waals surface area (Å²) in [5, 5.41) is 12.8. The van der Waals surface area contributed by atoms with E-state index in [1.807, 2.05) is 6.92 Å². The minimum Gasteiger partial charge on any atom is -0.323 e. The summed E-state index contributed by atoms with van der Waals surface area (Å²) in [6.07, 6.45) is 10.9. The van der Waals surface area contributed by atoms with Gasteiger partial charge in [0.15, 0.2) is 5.82 Å².